The van der Waals surface area contributed by atoms with Crippen LogP contribution in [0.1, 0.15) is 6.92 Å². The maximum Gasteiger partial charge on any atom is 0.468 e. The van der Waals surface area contributed by atoms with Gasteiger partial charge in [-0.2, -0.15) is 22.0 Å². The lowest BCUT2D eigenvalue weighted by Crippen LogP contribution is -2.44. The first kappa shape index (κ1) is 13.7. The number of alkyl halides is 5. The molecule has 0 aliphatic rings. The number of carbonyl (C=O) groups is 1. The van der Waals surface area contributed by atoms with Crippen molar-refractivity contribution in [3.8, 4) is 0 Å². The SMILES string of the molecule is CC(=O)O.NC(F)(F)C(F)(F)F. The Kier molecular flexibility index (Phi) is 4.77. The number of aliphatic carboxylic acids is 1. The van der Waals surface area contributed by atoms with E-state index in [4.69, 9.17) is 9.90 Å². The van der Waals surface area contributed by atoms with E-state index in [1.54, 1.807) is 0 Å². The van der Waals surface area contributed by atoms with E-state index in [0.717, 1.165) is 6.92 Å². The summed E-state index contributed by atoms with van der Waals surface area (Å²) in [5, 5.41) is 7.42. The highest BCUT2D eigenvalue weighted by molar-refractivity contribution is 5.62. The van der Waals surface area contributed by atoms with Gasteiger partial charge in [-0.25, -0.2) is 0 Å². The zero-order valence-corrected chi connectivity index (χ0v) is 5.82. The van der Waals surface area contributed by atoms with Crippen molar-refractivity contribution < 1.29 is 31.9 Å². The van der Waals surface area contributed by atoms with E-state index in [0.29, 0.717) is 0 Å². The highest BCUT2D eigenvalue weighted by atomic mass is 19.4. The van der Waals surface area contributed by atoms with Gasteiger partial charge in [0.1, 0.15) is 0 Å². The third-order valence-corrected chi connectivity index (χ3v) is 0.378. The van der Waals surface area contributed by atoms with Gasteiger partial charge in [0.2, 0.25) is 0 Å². The largest absolute Gasteiger partial charge is 0.481 e. The fourth-order valence-electron chi connectivity index (χ4n) is 0. The van der Waals surface area contributed by atoms with Crippen molar-refractivity contribution in [1.82, 2.24) is 0 Å². The maximum atomic E-state index is 10.9. The summed E-state index contributed by atoms with van der Waals surface area (Å²) in [6.45, 7) is 1.08. The van der Waals surface area contributed by atoms with E-state index in [2.05, 4.69) is 5.73 Å². The molecule has 0 unspecified atom stereocenters. The van der Waals surface area contributed by atoms with E-state index in [9.17, 15) is 22.0 Å². The van der Waals surface area contributed by atoms with Gasteiger partial charge in [-0.15, -0.1) is 0 Å². The molecule has 0 saturated heterocycles. The predicted molar refractivity (Wildman–Crippen MR) is 28.5 cm³/mol. The number of carboxylic acids is 1. The summed E-state index contributed by atoms with van der Waals surface area (Å²) in [5.74, 6) is -0.833. The Bertz CT molecular complexity index is 133. The number of nitrogens with two attached hydrogens (primary N) is 1. The molecule has 0 radical (unpaired) electrons. The summed E-state index contributed by atoms with van der Waals surface area (Å²) in [5.41, 5.74) is 3.35. The van der Waals surface area contributed by atoms with Crippen LogP contribution < -0.4 is 5.73 Å². The highest BCUT2D eigenvalue weighted by Gasteiger charge is 2.54. The van der Waals surface area contributed by atoms with Crippen LogP contribution in [0.25, 0.3) is 0 Å². The minimum atomic E-state index is -5.62. The van der Waals surface area contributed by atoms with Crippen LogP contribution in [0.4, 0.5) is 22.0 Å². The molecule has 0 spiro atoms. The van der Waals surface area contributed by atoms with Crippen LogP contribution >= 0.6 is 0 Å². The van der Waals surface area contributed by atoms with Crippen LogP contribution in [-0.4, -0.2) is 23.3 Å². The van der Waals surface area contributed by atoms with Gasteiger partial charge in [0.25, 0.3) is 5.97 Å². The van der Waals surface area contributed by atoms with Crippen LogP contribution in [0.2, 0.25) is 0 Å². The molecule has 0 aromatic carbocycles. The monoisotopic (exact) mass is 195 g/mol. The lowest BCUT2D eigenvalue weighted by Gasteiger charge is -2.12. The van der Waals surface area contributed by atoms with Crippen molar-refractivity contribution in [3.63, 3.8) is 0 Å². The molecular weight excluding hydrogens is 189 g/mol. The van der Waals surface area contributed by atoms with Crippen molar-refractivity contribution in [2.45, 2.75) is 19.1 Å². The van der Waals surface area contributed by atoms with Crippen LogP contribution in [0.3, 0.4) is 0 Å². The van der Waals surface area contributed by atoms with Crippen molar-refractivity contribution >= 4 is 5.97 Å². The van der Waals surface area contributed by atoms with Gasteiger partial charge in [0, 0.05) is 6.92 Å². The summed E-state index contributed by atoms with van der Waals surface area (Å²) in [4.78, 5) is 9.00. The molecule has 0 atom stereocenters. The fourth-order valence-corrected chi connectivity index (χ4v) is 0. The lowest BCUT2D eigenvalue weighted by molar-refractivity contribution is -0.279. The van der Waals surface area contributed by atoms with E-state index in [-0.39, 0.29) is 0 Å². The van der Waals surface area contributed by atoms with Gasteiger partial charge in [-0.3, -0.25) is 10.5 Å². The van der Waals surface area contributed by atoms with Crippen LogP contribution in [0.15, 0.2) is 0 Å². The molecule has 0 fully saturated rings. The molecule has 0 aromatic heterocycles. The van der Waals surface area contributed by atoms with Gasteiger partial charge in [-0.05, 0) is 0 Å². The fraction of sp³-hybridized carbons (Fsp3) is 0.750. The van der Waals surface area contributed by atoms with E-state index >= 15 is 0 Å². The Labute approximate surface area is 64.0 Å². The van der Waals surface area contributed by atoms with Gasteiger partial charge in [0.05, 0.1) is 0 Å². The van der Waals surface area contributed by atoms with Crippen molar-refractivity contribution in [1.29, 1.82) is 0 Å². The zero-order valence-electron chi connectivity index (χ0n) is 5.82. The molecule has 0 amide bonds. The number of carboxylic acid groups (broad SMARTS) is 1. The molecule has 0 aliphatic carbocycles. The summed E-state index contributed by atoms with van der Waals surface area (Å²) < 4.78 is 53.8. The predicted octanol–water partition coefficient (Wildman–Crippen LogP) is 1.19. The topological polar surface area (TPSA) is 63.3 Å². The van der Waals surface area contributed by atoms with Crippen LogP contribution in [0, 0.1) is 0 Å². The molecule has 0 aliphatic heterocycles. The molecule has 12 heavy (non-hydrogen) atoms. The van der Waals surface area contributed by atoms with Crippen molar-refractivity contribution in [2.24, 2.45) is 5.73 Å². The number of rotatable bonds is 0. The first-order valence-corrected chi connectivity index (χ1v) is 2.41. The molecule has 3 nitrogen and oxygen atoms in total. The van der Waals surface area contributed by atoms with Gasteiger partial charge in [-0.1, -0.05) is 0 Å². The van der Waals surface area contributed by atoms with Crippen molar-refractivity contribution in [3.05, 3.63) is 0 Å². The summed E-state index contributed by atoms with van der Waals surface area (Å²) in [7, 11) is 0. The third-order valence-electron chi connectivity index (χ3n) is 0.378. The Morgan fingerprint density at radius 2 is 1.33 bits per heavy atom. The number of hydrogen-bond acceptors (Lipinski definition) is 2. The Hall–Kier alpha value is -0.920. The summed E-state index contributed by atoms with van der Waals surface area (Å²) in [6, 6.07) is -5.06. The Morgan fingerprint density at radius 3 is 1.33 bits per heavy atom. The average molecular weight is 195 g/mol. The second kappa shape index (κ2) is 4.19. The normalized spacial score (nSPS) is 11.6. The van der Waals surface area contributed by atoms with Crippen molar-refractivity contribution in [2.75, 3.05) is 0 Å². The molecule has 0 saturated carbocycles. The number of hydrogen-bond donors (Lipinski definition) is 2. The minimum Gasteiger partial charge on any atom is -0.481 e. The minimum absolute atomic E-state index is 0.833. The second-order valence-corrected chi connectivity index (χ2v) is 1.64. The Balaban J connectivity index is 0. The van der Waals surface area contributed by atoms with Gasteiger partial charge >= 0.3 is 12.2 Å². The van der Waals surface area contributed by atoms with E-state index in [1.165, 1.54) is 0 Å². The maximum absolute atomic E-state index is 10.9. The molecule has 0 heterocycles. The highest BCUT2D eigenvalue weighted by Crippen LogP contribution is 2.29. The quantitative estimate of drug-likeness (QED) is 0.450. The zero-order chi connectivity index (χ0) is 10.6. The molecule has 0 aromatic rings. The van der Waals surface area contributed by atoms with Crippen LogP contribution in [0.5, 0.6) is 0 Å². The van der Waals surface area contributed by atoms with E-state index < -0.39 is 18.2 Å². The van der Waals surface area contributed by atoms with Gasteiger partial charge in [0.15, 0.2) is 0 Å². The summed E-state index contributed by atoms with van der Waals surface area (Å²) >= 11 is 0. The first-order valence-electron chi connectivity index (χ1n) is 2.41. The smallest absolute Gasteiger partial charge is 0.468 e. The average Bonchev–Trinajstić information content (AvgIpc) is 1.55. The number of halogens is 5. The molecule has 3 N–H and O–H groups in total. The van der Waals surface area contributed by atoms with Gasteiger partial charge < -0.3 is 5.11 Å². The van der Waals surface area contributed by atoms with Crippen LogP contribution in [-0.2, 0) is 4.79 Å². The summed E-state index contributed by atoms with van der Waals surface area (Å²) in [6.07, 6.45) is -5.62. The van der Waals surface area contributed by atoms with E-state index in [1.807, 2.05) is 0 Å². The second-order valence-electron chi connectivity index (χ2n) is 1.64. The molecule has 0 rings (SSSR count). The molecular formula is C4H6F5NO2. The first-order chi connectivity index (χ1) is 4.98. The molecule has 74 valence electrons. The molecule has 8 heteroatoms. The molecule has 0 bridgehead atoms. The third kappa shape index (κ3) is 9.08. The Morgan fingerprint density at radius 1 is 1.25 bits per heavy atom. The standard InChI is InChI=1S/C2H2F5N.C2H4O2/c3-1(4,5)2(6,7)8;1-2(3)4/h8H2;1H3,(H,3,4). The lowest BCUT2D eigenvalue weighted by atomic mass is 10.6.